The van der Waals surface area contributed by atoms with Crippen molar-refractivity contribution in [2.75, 3.05) is 6.54 Å². The van der Waals surface area contributed by atoms with E-state index < -0.39 is 0 Å². The number of benzene rings is 1. The van der Waals surface area contributed by atoms with Gasteiger partial charge in [0.15, 0.2) is 6.61 Å². The van der Waals surface area contributed by atoms with Crippen LogP contribution in [0.5, 0.6) is 5.75 Å². The Morgan fingerprint density at radius 2 is 2.21 bits per heavy atom. The Morgan fingerprint density at radius 1 is 1.42 bits per heavy atom. The SMILES string of the molecule is Cc1nc(COc2cccc(C(=O)NCC3(C(C)C)CC3)c2)no1. The fraction of sp³-hybridized carbons (Fsp3) is 0.500. The number of ether oxygens (including phenoxy) is 1. The minimum absolute atomic E-state index is 0.0669. The zero-order chi connectivity index (χ0) is 17.2. The molecule has 0 spiro atoms. The number of hydrogen-bond acceptors (Lipinski definition) is 5. The van der Waals surface area contributed by atoms with E-state index >= 15 is 0 Å². The van der Waals surface area contributed by atoms with Gasteiger partial charge < -0.3 is 14.6 Å². The number of nitrogens with zero attached hydrogens (tertiary/aromatic N) is 2. The molecule has 1 amide bonds. The maximum atomic E-state index is 12.4. The molecule has 128 valence electrons. The largest absolute Gasteiger partial charge is 0.485 e. The van der Waals surface area contributed by atoms with Crippen LogP contribution in [-0.2, 0) is 6.61 Å². The molecule has 24 heavy (non-hydrogen) atoms. The maximum Gasteiger partial charge on any atom is 0.251 e. The lowest BCUT2D eigenvalue weighted by Crippen LogP contribution is -2.32. The van der Waals surface area contributed by atoms with Gasteiger partial charge in [0.25, 0.3) is 5.91 Å². The molecule has 1 aromatic heterocycles. The van der Waals surface area contributed by atoms with Gasteiger partial charge >= 0.3 is 0 Å². The minimum Gasteiger partial charge on any atom is -0.485 e. The van der Waals surface area contributed by atoms with Crippen LogP contribution in [-0.4, -0.2) is 22.6 Å². The first-order valence-corrected chi connectivity index (χ1v) is 8.29. The summed E-state index contributed by atoms with van der Waals surface area (Å²) in [5.41, 5.74) is 0.886. The summed E-state index contributed by atoms with van der Waals surface area (Å²) in [5.74, 6) is 2.11. The number of carbonyl (C=O) groups excluding carboxylic acids is 1. The van der Waals surface area contributed by atoms with E-state index in [1.165, 1.54) is 12.8 Å². The first-order valence-electron chi connectivity index (χ1n) is 8.29. The molecule has 2 aromatic rings. The molecule has 1 heterocycles. The average Bonchev–Trinajstić information content (AvgIpc) is 3.26. The molecule has 3 rings (SSSR count). The van der Waals surface area contributed by atoms with Gasteiger partial charge in [-0.1, -0.05) is 25.1 Å². The van der Waals surface area contributed by atoms with Crippen molar-refractivity contribution in [1.82, 2.24) is 15.5 Å². The topological polar surface area (TPSA) is 77.2 Å². The predicted molar refractivity (Wildman–Crippen MR) is 88.6 cm³/mol. The van der Waals surface area contributed by atoms with E-state index in [-0.39, 0.29) is 12.5 Å². The van der Waals surface area contributed by atoms with E-state index in [1.54, 1.807) is 31.2 Å². The number of aryl methyl sites for hydroxylation is 1. The molecule has 0 atom stereocenters. The van der Waals surface area contributed by atoms with Crippen LogP contribution >= 0.6 is 0 Å². The highest BCUT2D eigenvalue weighted by Crippen LogP contribution is 2.51. The summed E-state index contributed by atoms with van der Waals surface area (Å²) in [6.07, 6.45) is 2.39. The molecule has 1 aliphatic carbocycles. The van der Waals surface area contributed by atoms with Crippen LogP contribution < -0.4 is 10.1 Å². The third-order valence-corrected chi connectivity index (χ3v) is 4.75. The van der Waals surface area contributed by atoms with Crippen molar-refractivity contribution in [3.63, 3.8) is 0 Å². The fourth-order valence-electron chi connectivity index (χ4n) is 2.75. The van der Waals surface area contributed by atoms with Crippen LogP contribution in [0.1, 0.15) is 48.8 Å². The number of carbonyl (C=O) groups is 1. The molecule has 1 aromatic carbocycles. The average molecular weight is 329 g/mol. The van der Waals surface area contributed by atoms with Crippen LogP contribution in [0.25, 0.3) is 0 Å². The number of aromatic nitrogens is 2. The summed E-state index contributed by atoms with van der Waals surface area (Å²) in [7, 11) is 0. The van der Waals surface area contributed by atoms with Crippen LogP contribution in [0, 0.1) is 18.3 Å². The summed E-state index contributed by atoms with van der Waals surface area (Å²) in [6.45, 7) is 7.10. The number of hydrogen-bond donors (Lipinski definition) is 1. The van der Waals surface area contributed by atoms with E-state index in [1.807, 2.05) is 0 Å². The summed E-state index contributed by atoms with van der Waals surface area (Å²) in [6, 6.07) is 7.13. The Morgan fingerprint density at radius 3 is 2.83 bits per heavy atom. The first kappa shape index (κ1) is 16.5. The molecule has 0 radical (unpaired) electrons. The molecule has 1 aliphatic rings. The Labute approximate surface area is 141 Å². The summed E-state index contributed by atoms with van der Waals surface area (Å²) in [5, 5.41) is 6.83. The molecule has 1 fully saturated rings. The van der Waals surface area contributed by atoms with Crippen molar-refractivity contribution in [3.8, 4) is 5.75 Å². The van der Waals surface area contributed by atoms with Gasteiger partial charge in [-0.2, -0.15) is 4.98 Å². The monoisotopic (exact) mass is 329 g/mol. The Kier molecular flexibility index (Phi) is 4.55. The first-order chi connectivity index (χ1) is 11.5. The third-order valence-electron chi connectivity index (χ3n) is 4.75. The van der Waals surface area contributed by atoms with Crippen LogP contribution in [0.4, 0.5) is 0 Å². The highest BCUT2D eigenvalue weighted by atomic mass is 16.5. The lowest BCUT2D eigenvalue weighted by atomic mass is 9.92. The highest BCUT2D eigenvalue weighted by molar-refractivity contribution is 5.94. The zero-order valence-corrected chi connectivity index (χ0v) is 14.3. The molecule has 6 nitrogen and oxygen atoms in total. The van der Waals surface area contributed by atoms with Crippen LogP contribution in [0.2, 0.25) is 0 Å². The standard InChI is InChI=1S/C18H23N3O3/c1-12(2)18(7-8-18)11-19-17(22)14-5-4-6-15(9-14)23-10-16-20-13(3)24-21-16/h4-6,9,12H,7-8,10-11H2,1-3H3,(H,19,22). The number of rotatable bonds is 7. The van der Waals surface area contributed by atoms with Gasteiger partial charge in [0.2, 0.25) is 11.7 Å². The lowest BCUT2D eigenvalue weighted by molar-refractivity contribution is 0.0939. The van der Waals surface area contributed by atoms with Crippen LogP contribution in [0.15, 0.2) is 28.8 Å². The summed E-state index contributed by atoms with van der Waals surface area (Å²) in [4.78, 5) is 16.4. The smallest absolute Gasteiger partial charge is 0.251 e. The molecule has 0 aliphatic heterocycles. The van der Waals surface area contributed by atoms with Crippen molar-refractivity contribution >= 4 is 5.91 Å². The van der Waals surface area contributed by atoms with E-state index in [4.69, 9.17) is 9.26 Å². The van der Waals surface area contributed by atoms with Gasteiger partial charge in [0.1, 0.15) is 5.75 Å². The van der Waals surface area contributed by atoms with E-state index in [2.05, 4.69) is 29.3 Å². The molecule has 0 saturated heterocycles. The lowest BCUT2D eigenvalue weighted by Gasteiger charge is -2.20. The van der Waals surface area contributed by atoms with Crippen molar-refractivity contribution in [2.24, 2.45) is 11.3 Å². The second-order valence-corrected chi connectivity index (χ2v) is 6.75. The van der Waals surface area contributed by atoms with Gasteiger partial charge in [-0.3, -0.25) is 4.79 Å². The second-order valence-electron chi connectivity index (χ2n) is 6.75. The molecule has 0 bridgehead atoms. The third kappa shape index (κ3) is 3.75. The molecule has 0 unspecified atom stereocenters. The summed E-state index contributed by atoms with van der Waals surface area (Å²) >= 11 is 0. The highest BCUT2D eigenvalue weighted by Gasteiger charge is 2.45. The van der Waals surface area contributed by atoms with Crippen molar-refractivity contribution in [3.05, 3.63) is 41.5 Å². The molecule has 6 heteroatoms. The van der Waals surface area contributed by atoms with Crippen molar-refractivity contribution in [1.29, 1.82) is 0 Å². The fourth-order valence-corrected chi connectivity index (χ4v) is 2.75. The number of amides is 1. The molecular formula is C18H23N3O3. The van der Waals surface area contributed by atoms with Gasteiger partial charge in [-0.25, -0.2) is 0 Å². The van der Waals surface area contributed by atoms with Crippen LogP contribution in [0.3, 0.4) is 0 Å². The van der Waals surface area contributed by atoms with E-state index in [0.717, 1.165) is 6.54 Å². The minimum atomic E-state index is -0.0669. The molecule has 1 saturated carbocycles. The maximum absolute atomic E-state index is 12.4. The van der Waals surface area contributed by atoms with E-state index in [0.29, 0.717) is 34.4 Å². The van der Waals surface area contributed by atoms with Crippen molar-refractivity contribution in [2.45, 2.75) is 40.2 Å². The second kappa shape index (κ2) is 6.63. The zero-order valence-electron chi connectivity index (χ0n) is 14.3. The van der Waals surface area contributed by atoms with Gasteiger partial charge in [-0.05, 0) is 42.4 Å². The molecule has 1 N–H and O–H groups in total. The van der Waals surface area contributed by atoms with Gasteiger partial charge in [0, 0.05) is 19.0 Å². The predicted octanol–water partition coefficient (Wildman–Crippen LogP) is 3.12. The quantitative estimate of drug-likeness (QED) is 0.844. The Bertz CT molecular complexity index is 720. The molecular weight excluding hydrogens is 306 g/mol. The normalized spacial score (nSPS) is 15.3. The van der Waals surface area contributed by atoms with Gasteiger partial charge in [0.05, 0.1) is 0 Å². The summed E-state index contributed by atoms with van der Waals surface area (Å²) < 4.78 is 10.5. The Balaban J connectivity index is 1.57. The van der Waals surface area contributed by atoms with Gasteiger partial charge in [-0.15, -0.1) is 0 Å². The van der Waals surface area contributed by atoms with E-state index in [9.17, 15) is 4.79 Å². The Hall–Kier alpha value is -2.37. The van der Waals surface area contributed by atoms with Crippen molar-refractivity contribution < 1.29 is 14.1 Å². The number of nitrogens with one attached hydrogen (secondary N) is 1.